The van der Waals surface area contributed by atoms with Crippen LogP contribution >= 0.6 is 11.6 Å². The van der Waals surface area contributed by atoms with Crippen molar-refractivity contribution in [3.05, 3.63) is 47.2 Å². The Hall–Kier alpha value is -2.14. The second-order valence-electron chi connectivity index (χ2n) is 4.69. The molecule has 1 aromatic heterocycles. The molecule has 1 unspecified atom stereocenters. The van der Waals surface area contributed by atoms with Crippen LogP contribution in [0.25, 0.3) is 0 Å². The number of ketones is 1. The molecule has 1 aromatic carbocycles. The summed E-state index contributed by atoms with van der Waals surface area (Å²) in [6.45, 7) is 3.40. The van der Waals surface area contributed by atoms with Crippen LogP contribution in [-0.2, 0) is 4.79 Å². The number of anilines is 1. The van der Waals surface area contributed by atoms with E-state index in [-0.39, 0.29) is 11.7 Å². The van der Waals surface area contributed by atoms with Crippen molar-refractivity contribution in [3.63, 3.8) is 0 Å². The molecule has 0 saturated heterocycles. The van der Waals surface area contributed by atoms with Gasteiger partial charge in [-0.25, -0.2) is 0 Å². The maximum atomic E-state index is 12.3. The summed E-state index contributed by atoms with van der Waals surface area (Å²) >= 11 is 5.83. The molecule has 1 amide bonds. The van der Waals surface area contributed by atoms with E-state index in [0.29, 0.717) is 22.7 Å². The van der Waals surface area contributed by atoms with Gasteiger partial charge in [0.1, 0.15) is 6.04 Å². The van der Waals surface area contributed by atoms with Crippen molar-refractivity contribution in [1.82, 2.24) is 9.78 Å². The normalized spacial score (nSPS) is 12.0. The monoisotopic (exact) mass is 305 g/mol. The Kier molecular flexibility index (Phi) is 4.75. The lowest BCUT2D eigenvalue weighted by atomic mass is 10.1. The topological polar surface area (TPSA) is 64.0 Å². The fourth-order valence-electron chi connectivity index (χ4n) is 1.99. The molecule has 21 heavy (non-hydrogen) atoms. The quantitative estimate of drug-likeness (QED) is 0.862. The molecule has 0 radical (unpaired) electrons. The van der Waals surface area contributed by atoms with Gasteiger partial charge in [-0.3, -0.25) is 14.3 Å². The second kappa shape index (κ2) is 6.54. The molecular formula is C15H16ClN3O2. The molecule has 0 aliphatic rings. The Morgan fingerprint density at radius 1 is 1.33 bits per heavy atom. The van der Waals surface area contributed by atoms with Gasteiger partial charge < -0.3 is 5.32 Å². The first-order valence-corrected chi connectivity index (χ1v) is 7.00. The zero-order valence-corrected chi connectivity index (χ0v) is 12.6. The number of nitrogens with zero attached hydrogens (tertiary/aromatic N) is 2. The number of hydrogen-bond donors (Lipinski definition) is 1. The number of hydrogen-bond acceptors (Lipinski definition) is 3. The number of aromatic nitrogens is 2. The first-order valence-electron chi connectivity index (χ1n) is 6.62. The minimum Gasteiger partial charge on any atom is -0.324 e. The highest BCUT2D eigenvalue weighted by Crippen LogP contribution is 2.17. The number of halogens is 1. The van der Waals surface area contributed by atoms with Gasteiger partial charge >= 0.3 is 0 Å². The molecule has 1 heterocycles. The first-order chi connectivity index (χ1) is 10.0. The number of Topliss-reactive ketones (excluding diaryl/α,β-unsaturated/α-hetero) is 1. The second-order valence-corrected chi connectivity index (χ2v) is 5.12. The number of amides is 1. The molecule has 2 aromatic rings. The van der Waals surface area contributed by atoms with E-state index in [4.69, 9.17) is 11.6 Å². The van der Waals surface area contributed by atoms with Crippen molar-refractivity contribution in [3.8, 4) is 0 Å². The van der Waals surface area contributed by atoms with Gasteiger partial charge in [0.2, 0.25) is 5.91 Å². The third-order valence-corrected chi connectivity index (χ3v) is 3.33. The lowest BCUT2D eigenvalue weighted by Crippen LogP contribution is -2.25. The van der Waals surface area contributed by atoms with Crippen LogP contribution in [0.1, 0.15) is 36.7 Å². The van der Waals surface area contributed by atoms with E-state index in [1.807, 2.05) is 6.92 Å². The van der Waals surface area contributed by atoms with E-state index in [1.165, 1.54) is 13.1 Å². The molecule has 6 heteroatoms. The molecule has 0 aliphatic carbocycles. The van der Waals surface area contributed by atoms with E-state index >= 15 is 0 Å². The van der Waals surface area contributed by atoms with Gasteiger partial charge in [-0.2, -0.15) is 5.10 Å². The van der Waals surface area contributed by atoms with Crippen LogP contribution in [0.3, 0.4) is 0 Å². The van der Waals surface area contributed by atoms with E-state index in [0.717, 1.165) is 0 Å². The van der Waals surface area contributed by atoms with Crippen molar-refractivity contribution < 1.29 is 9.59 Å². The largest absolute Gasteiger partial charge is 0.324 e. The van der Waals surface area contributed by atoms with Crippen molar-refractivity contribution in [2.75, 3.05) is 5.32 Å². The fraction of sp³-hybridized carbons (Fsp3) is 0.267. The molecule has 0 spiro atoms. The molecule has 5 nitrogen and oxygen atoms in total. The molecule has 0 fully saturated rings. The average molecular weight is 306 g/mol. The molecule has 0 bridgehead atoms. The van der Waals surface area contributed by atoms with Gasteiger partial charge in [0.05, 0.1) is 11.2 Å². The summed E-state index contributed by atoms with van der Waals surface area (Å²) in [6, 6.07) is 6.35. The Morgan fingerprint density at radius 2 is 2.00 bits per heavy atom. The molecule has 2 rings (SSSR count). The summed E-state index contributed by atoms with van der Waals surface area (Å²) in [7, 11) is 0. The van der Waals surface area contributed by atoms with Crippen LogP contribution in [-0.4, -0.2) is 21.5 Å². The predicted octanol–water partition coefficient (Wildman–Crippen LogP) is 3.33. The number of nitrogens with one attached hydrogen (secondary N) is 1. The zero-order chi connectivity index (χ0) is 15.4. The summed E-state index contributed by atoms with van der Waals surface area (Å²) in [5.41, 5.74) is 1.25. The van der Waals surface area contributed by atoms with E-state index in [1.54, 1.807) is 35.1 Å². The van der Waals surface area contributed by atoms with Crippen molar-refractivity contribution in [2.24, 2.45) is 0 Å². The summed E-state index contributed by atoms with van der Waals surface area (Å²) in [5, 5.41) is 7.37. The summed E-state index contributed by atoms with van der Waals surface area (Å²) < 4.78 is 1.54. The standard InChI is InChI=1S/C15H16ClN3O2/c1-3-14(19-9-12(16)8-17-19)15(21)18-13-6-4-11(5-7-13)10(2)20/h4-9,14H,3H2,1-2H3,(H,18,21). The summed E-state index contributed by atoms with van der Waals surface area (Å²) in [5.74, 6) is -0.182. The lowest BCUT2D eigenvalue weighted by Gasteiger charge is -2.15. The van der Waals surface area contributed by atoms with Gasteiger partial charge in [-0.15, -0.1) is 0 Å². The maximum absolute atomic E-state index is 12.3. The zero-order valence-electron chi connectivity index (χ0n) is 11.8. The smallest absolute Gasteiger partial charge is 0.249 e. The van der Waals surface area contributed by atoms with Crippen LogP contribution in [0.15, 0.2) is 36.7 Å². The van der Waals surface area contributed by atoms with Gasteiger partial charge in [-0.1, -0.05) is 18.5 Å². The summed E-state index contributed by atoms with van der Waals surface area (Å²) in [6.07, 6.45) is 3.71. The van der Waals surface area contributed by atoms with Gasteiger partial charge in [0.25, 0.3) is 0 Å². The molecular weight excluding hydrogens is 290 g/mol. The third kappa shape index (κ3) is 3.70. The summed E-state index contributed by atoms with van der Waals surface area (Å²) in [4.78, 5) is 23.5. The molecule has 110 valence electrons. The Bertz CT molecular complexity index is 649. The van der Waals surface area contributed by atoms with Crippen LogP contribution in [0.2, 0.25) is 5.02 Å². The molecule has 1 N–H and O–H groups in total. The Morgan fingerprint density at radius 3 is 2.48 bits per heavy atom. The van der Waals surface area contributed by atoms with Crippen molar-refractivity contribution >= 4 is 29.0 Å². The number of carbonyl (C=O) groups excluding carboxylic acids is 2. The van der Waals surface area contributed by atoms with Crippen LogP contribution in [0, 0.1) is 0 Å². The lowest BCUT2D eigenvalue weighted by molar-refractivity contribution is -0.119. The average Bonchev–Trinajstić information content (AvgIpc) is 2.86. The SMILES string of the molecule is CCC(C(=O)Nc1ccc(C(C)=O)cc1)n1cc(Cl)cn1. The van der Waals surface area contributed by atoms with Gasteiger partial charge in [0, 0.05) is 17.4 Å². The van der Waals surface area contributed by atoms with Crippen LogP contribution < -0.4 is 5.32 Å². The maximum Gasteiger partial charge on any atom is 0.249 e. The van der Waals surface area contributed by atoms with Gasteiger partial charge in [-0.05, 0) is 37.6 Å². The van der Waals surface area contributed by atoms with Gasteiger partial charge in [0.15, 0.2) is 5.78 Å². The molecule has 0 saturated carbocycles. The molecule has 1 atom stereocenters. The van der Waals surface area contributed by atoms with E-state index in [2.05, 4.69) is 10.4 Å². The van der Waals surface area contributed by atoms with Crippen LogP contribution in [0.4, 0.5) is 5.69 Å². The number of rotatable bonds is 5. The Labute approximate surface area is 127 Å². The first kappa shape index (κ1) is 15.3. The van der Waals surface area contributed by atoms with E-state index in [9.17, 15) is 9.59 Å². The van der Waals surface area contributed by atoms with Crippen LogP contribution in [0.5, 0.6) is 0 Å². The molecule has 0 aliphatic heterocycles. The third-order valence-electron chi connectivity index (χ3n) is 3.14. The Balaban J connectivity index is 2.10. The van der Waals surface area contributed by atoms with Crippen molar-refractivity contribution in [1.29, 1.82) is 0 Å². The highest BCUT2D eigenvalue weighted by atomic mass is 35.5. The van der Waals surface area contributed by atoms with E-state index < -0.39 is 6.04 Å². The predicted molar refractivity (Wildman–Crippen MR) is 81.6 cm³/mol. The number of carbonyl (C=O) groups is 2. The van der Waals surface area contributed by atoms with Crippen molar-refractivity contribution in [2.45, 2.75) is 26.3 Å². The number of benzene rings is 1. The minimum atomic E-state index is -0.426. The minimum absolute atomic E-state index is 0.00880. The fourth-order valence-corrected chi connectivity index (χ4v) is 2.14. The highest BCUT2D eigenvalue weighted by molar-refractivity contribution is 6.30. The highest BCUT2D eigenvalue weighted by Gasteiger charge is 2.19.